The van der Waals surface area contributed by atoms with Crippen LogP contribution in [0.1, 0.15) is 24.8 Å². The molecule has 104 valence electrons. The van der Waals surface area contributed by atoms with E-state index in [4.69, 9.17) is 15.2 Å². The molecular formula is C16H23NO2. The Bertz CT molecular complexity index is 404. The largest absolute Gasteiger partial charge is 0.377 e. The van der Waals surface area contributed by atoms with Crippen LogP contribution in [-0.2, 0) is 16.1 Å². The molecular weight excluding hydrogens is 238 g/mol. The first kappa shape index (κ1) is 13.1. The van der Waals surface area contributed by atoms with Gasteiger partial charge in [0.15, 0.2) is 0 Å². The number of hydrogen-bond donors (Lipinski definition) is 1. The van der Waals surface area contributed by atoms with E-state index >= 15 is 0 Å². The second kappa shape index (κ2) is 5.61. The first-order chi connectivity index (χ1) is 9.34. The normalized spacial score (nSPS) is 30.7. The molecule has 1 aliphatic carbocycles. The summed E-state index contributed by atoms with van der Waals surface area (Å²) in [6.07, 6.45) is 3.96. The molecule has 2 aliphatic rings. The summed E-state index contributed by atoms with van der Waals surface area (Å²) in [5, 5.41) is 0. The van der Waals surface area contributed by atoms with E-state index in [2.05, 4.69) is 12.1 Å². The van der Waals surface area contributed by atoms with Crippen molar-refractivity contribution >= 4 is 0 Å². The highest BCUT2D eigenvalue weighted by Crippen LogP contribution is 2.47. The van der Waals surface area contributed by atoms with Gasteiger partial charge in [0.2, 0.25) is 0 Å². The van der Waals surface area contributed by atoms with Gasteiger partial charge in [-0.15, -0.1) is 0 Å². The lowest BCUT2D eigenvalue weighted by atomic mass is 9.79. The molecule has 0 amide bonds. The van der Waals surface area contributed by atoms with Crippen molar-refractivity contribution in [3.8, 4) is 0 Å². The van der Waals surface area contributed by atoms with Gasteiger partial charge < -0.3 is 15.2 Å². The van der Waals surface area contributed by atoms with Gasteiger partial charge in [-0.2, -0.15) is 0 Å². The second-order valence-corrected chi connectivity index (χ2v) is 5.92. The zero-order valence-electron chi connectivity index (χ0n) is 11.4. The van der Waals surface area contributed by atoms with Crippen LogP contribution in [0.5, 0.6) is 0 Å². The maximum Gasteiger partial charge on any atom is 0.0717 e. The minimum Gasteiger partial charge on any atom is -0.377 e. The van der Waals surface area contributed by atoms with E-state index < -0.39 is 0 Å². The zero-order valence-corrected chi connectivity index (χ0v) is 11.4. The van der Waals surface area contributed by atoms with Crippen LogP contribution in [0.25, 0.3) is 0 Å². The van der Waals surface area contributed by atoms with Crippen molar-refractivity contribution in [2.24, 2.45) is 17.1 Å². The fraction of sp³-hybridized carbons (Fsp3) is 0.625. The Hall–Kier alpha value is -0.900. The van der Waals surface area contributed by atoms with E-state index in [0.717, 1.165) is 25.6 Å². The molecule has 0 radical (unpaired) electrons. The third-order valence-corrected chi connectivity index (χ3v) is 4.46. The van der Waals surface area contributed by atoms with E-state index in [1.54, 1.807) is 0 Å². The van der Waals surface area contributed by atoms with Crippen LogP contribution in [0, 0.1) is 11.3 Å². The summed E-state index contributed by atoms with van der Waals surface area (Å²) in [7, 11) is 0. The van der Waals surface area contributed by atoms with Gasteiger partial charge in [-0.3, -0.25) is 0 Å². The van der Waals surface area contributed by atoms with Crippen molar-refractivity contribution in [1.82, 2.24) is 0 Å². The monoisotopic (exact) mass is 261 g/mol. The van der Waals surface area contributed by atoms with Gasteiger partial charge in [0.05, 0.1) is 19.3 Å². The molecule has 0 bridgehead atoms. The maximum absolute atomic E-state index is 6.04. The number of rotatable bonds is 6. The van der Waals surface area contributed by atoms with Crippen LogP contribution in [0.4, 0.5) is 0 Å². The highest BCUT2D eigenvalue weighted by Gasteiger charge is 2.50. The summed E-state index contributed by atoms with van der Waals surface area (Å²) in [4.78, 5) is 0. The lowest BCUT2D eigenvalue weighted by Crippen LogP contribution is -2.43. The van der Waals surface area contributed by atoms with Crippen LogP contribution in [0.3, 0.4) is 0 Å². The summed E-state index contributed by atoms with van der Waals surface area (Å²) in [6.45, 7) is 2.90. The Morgan fingerprint density at radius 3 is 2.74 bits per heavy atom. The summed E-state index contributed by atoms with van der Waals surface area (Å²) < 4.78 is 11.9. The zero-order chi connectivity index (χ0) is 13.1. The molecule has 1 saturated carbocycles. The van der Waals surface area contributed by atoms with Crippen LogP contribution in [0.2, 0.25) is 0 Å². The van der Waals surface area contributed by atoms with Crippen molar-refractivity contribution in [1.29, 1.82) is 0 Å². The summed E-state index contributed by atoms with van der Waals surface area (Å²) in [5.41, 5.74) is 7.31. The molecule has 0 aromatic heterocycles. The Kier molecular flexibility index (Phi) is 3.87. The molecule has 2 unspecified atom stereocenters. The second-order valence-electron chi connectivity index (χ2n) is 5.92. The van der Waals surface area contributed by atoms with E-state index in [9.17, 15) is 0 Å². The summed E-state index contributed by atoms with van der Waals surface area (Å²) in [5.74, 6) is 0.728. The van der Waals surface area contributed by atoms with Crippen molar-refractivity contribution in [3.63, 3.8) is 0 Å². The first-order valence-electron chi connectivity index (χ1n) is 7.27. The molecule has 2 N–H and O–H groups in total. The van der Waals surface area contributed by atoms with Crippen LogP contribution >= 0.6 is 0 Å². The predicted octanol–water partition coefficient (Wildman–Crippen LogP) is 2.35. The molecule has 1 saturated heterocycles. The number of ether oxygens (including phenoxy) is 2. The van der Waals surface area contributed by atoms with E-state index in [1.165, 1.54) is 18.4 Å². The Balaban J connectivity index is 1.57. The SMILES string of the molecule is NCC1(COCc2ccccc2)CCOC1C1CC1. The van der Waals surface area contributed by atoms with Crippen LogP contribution in [0.15, 0.2) is 30.3 Å². The number of hydrogen-bond acceptors (Lipinski definition) is 3. The fourth-order valence-corrected chi connectivity index (χ4v) is 3.12. The molecule has 19 heavy (non-hydrogen) atoms. The molecule has 3 heteroatoms. The molecule has 3 nitrogen and oxygen atoms in total. The topological polar surface area (TPSA) is 44.5 Å². The van der Waals surface area contributed by atoms with Crippen LogP contribution < -0.4 is 5.73 Å². The van der Waals surface area contributed by atoms with Crippen molar-refractivity contribution in [2.75, 3.05) is 19.8 Å². The molecule has 3 rings (SSSR count). The average molecular weight is 261 g/mol. The molecule has 1 aromatic carbocycles. The lowest BCUT2D eigenvalue weighted by molar-refractivity contribution is -0.0259. The lowest BCUT2D eigenvalue weighted by Gasteiger charge is -2.32. The highest BCUT2D eigenvalue weighted by atomic mass is 16.5. The molecule has 2 atom stereocenters. The van der Waals surface area contributed by atoms with Crippen LogP contribution in [-0.4, -0.2) is 25.9 Å². The quantitative estimate of drug-likeness (QED) is 0.855. The Morgan fingerprint density at radius 1 is 1.26 bits per heavy atom. The van der Waals surface area contributed by atoms with E-state index in [0.29, 0.717) is 19.3 Å². The molecule has 0 spiro atoms. The van der Waals surface area contributed by atoms with E-state index in [-0.39, 0.29) is 5.41 Å². The van der Waals surface area contributed by atoms with Gasteiger partial charge in [0.1, 0.15) is 0 Å². The third kappa shape index (κ3) is 2.83. The van der Waals surface area contributed by atoms with Gasteiger partial charge in [-0.25, -0.2) is 0 Å². The van der Waals surface area contributed by atoms with E-state index in [1.807, 2.05) is 18.2 Å². The Labute approximate surface area is 115 Å². The molecule has 1 heterocycles. The van der Waals surface area contributed by atoms with Crippen molar-refractivity contribution in [2.45, 2.75) is 32.0 Å². The molecule has 1 aromatic rings. The summed E-state index contributed by atoms with van der Waals surface area (Å²) in [6, 6.07) is 10.3. The first-order valence-corrected chi connectivity index (χ1v) is 7.27. The standard InChI is InChI=1S/C16H23NO2/c17-11-16(8-9-19-15(16)14-6-7-14)12-18-10-13-4-2-1-3-5-13/h1-5,14-15H,6-12,17H2. The van der Waals surface area contributed by atoms with Gasteiger partial charge in [0, 0.05) is 18.6 Å². The average Bonchev–Trinajstić information content (AvgIpc) is 3.21. The van der Waals surface area contributed by atoms with Gasteiger partial charge in [-0.1, -0.05) is 30.3 Å². The Morgan fingerprint density at radius 2 is 2.05 bits per heavy atom. The van der Waals surface area contributed by atoms with Gasteiger partial charge >= 0.3 is 0 Å². The third-order valence-electron chi connectivity index (χ3n) is 4.46. The van der Waals surface area contributed by atoms with Gasteiger partial charge in [-0.05, 0) is 30.7 Å². The smallest absolute Gasteiger partial charge is 0.0717 e. The highest BCUT2D eigenvalue weighted by molar-refractivity contribution is 5.13. The minimum absolute atomic E-state index is 0.0515. The van der Waals surface area contributed by atoms with Gasteiger partial charge in [0.25, 0.3) is 0 Å². The summed E-state index contributed by atoms with van der Waals surface area (Å²) >= 11 is 0. The predicted molar refractivity (Wildman–Crippen MR) is 74.7 cm³/mol. The van der Waals surface area contributed by atoms with Crippen molar-refractivity contribution < 1.29 is 9.47 Å². The maximum atomic E-state index is 6.04. The number of benzene rings is 1. The number of nitrogens with two attached hydrogens (primary N) is 1. The minimum atomic E-state index is 0.0515. The van der Waals surface area contributed by atoms with Crippen molar-refractivity contribution in [3.05, 3.63) is 35.9 Å². The molecule has 2 fully saturated rings. The fourth-order valence-electron chi connectivity index (χ4n) is 3.12. The molecule has 1 aliphatic heterocycles.